The highest BCUT2D eigenvalue weighted by Crippen LogP contribution is 2.39. The van der Waals surface area contributed by atoms with Crippen molar-refractivity contribution in [3.63, 3.8) is 0 Å². The molecule has 0 saturated heterocycles. The third kappa shape index (κ3) is 3.81. The smallest absolute Gasteiger partial charge is 0.320 e. The maximum atomic E-state index is 13.6. The van der Waals surface area contributed by atoms with Crippen LogP contribution in [0.3, 0.4) is 0 Å². The Kier molecular flexibility index (Phi) is 5.08. The second-order valence-electron chi connectivity index (χ2n) is 5.67. The number of nitrogens with zero attached hydrogens (tertiary/aromatic N) is 4. The molecule has 0 fully saturated rings. The largest absolute Gasteiger partial charge is 0.467 e. The summed E-state index contributed by atoms with van der Waals surface area (Å²) in [5, 5.41) is 11.7. The van der Waals surface area contributed by atoms with Crippen LogP contribution in [0.2, 0.25) is 0 Å². The highest BCUT2D eigenvalue weighted by atomic mass is 32.2. The van der Waals surface area contributed by atoms with E-state index in [1.54, 1.807) is 30.5 Å². The quantitative estimate of drug-likeness (QED) is 0.417. The summed E-state index contributed by atoms with van der Waals surface area (Å²) in [6, 6.07) is 10.6. The molecule has 10 heteroatoms. The van der Waals surface area contributed by atoms with Crippen LogP contribution in [0.5, 0.6) is 0 Å². The molecule has 0 spiro atoms. The summed E-state index contributed by atoms with van der Waals surface area (Å²) < 4.78 is 34.1. The van der Waals surface area contributed by atoms with Gasteiger partial charge in [0.15, 0.2) is 4.34 Å². The van der Waals surface area contributed by atoms with E-state index in [4.69, 9.17) is 4.42 Å². The number of aromatic nitrogens is 4. The molecule has 6 nitrogen and oxygen atoms in total. The number of halogens is 2. The first kappa shape index (κ1) is 17.9. The van der Waals surface area contributed by atoms with Gasteiger partial charge in [0.05, 0.1) is 29.1 Å². The van der Waals surface area contributed by atoms with Crippen molar-refractivity contribution in [2.24, 2.45) is 0 Å². The van der Waals surface area contributed by atoms with E-state index in [0.717, 1.165) is 10.3 Å². The fourth-order valence-corrected chi connectivity index (χ4v) is 4.66. The lowest BCUT2D eigenvalue weighted by atomic mass is 10.3. The topological polar surface area (TPSA) is 68.8 Å². The summed E-state index contributed by atoms with van der Waals surface area (Å²) in [6.07, 6.45) is 1.61. The second-order valence-corrected chi connectivity index (χ2v) is 8.24. The van der Waals surface area contributed by atoms with Crippen molar-refractivity contribution in [1.29, 1.82) is 0 Å². The number of alkyl halides is 2. The monoisotopic (exact) mass is 407 g/mol. The predicted molar refractivity (Wildman–Crippen MR) is 101 cm³/mol. The molecule has 0 aliphatic rings. The van der Waals surface area contributed by atoms with Crippen molar-refractivity contribution in [3.8, 4) is 0 Å². The third-order valence-corrected chi connectivity index (χ3v) is 5.92. The molecule has 1 atom stereocenters. The standard InChI is InChI=1S/C17H15F2N5OS2/c1-10(14-21-12-6-2-3-7-13(12)24(14)15(18)19)26-17-23-22-16(27-17)20-9-11-5-4-8-25-11/h2-8,10,15H,9H2,1H3,(H,20,22). The summed E-state index contributed by atoms with van der Waals surface area (Å²) in [5.41, 5.74) is 0.978. The van der Waals surface area contributed by atoms with Crippen LogP contribution in [0.25, 0.3) is 11.0 Å². The maximum Gasteiger partial charge on any atom is 0.320 e. The number of nitrogens with one attached hydrogen (secondary N) is 1. The number of furan rings is 1. The number of para-hydroxylation sites is 2. The molecule has 140 valence electrons. The van der Waals surface area contributed by atoms with Crippen LogP contribution in [0.1, 0.15) is 30.3 Å². The zero-order valence-electron chi connectivity index (χ0n) is 14.2. The van der Waals surface area contributed by atoms with Gasteiger partial charge in [0.1, 0.15) is 11.6 Å². The van der Waals surface area contributed by atoms with Gasteiger partial charge in [-0.25, -0.2) is 4.98 Å². The highest BCUT2D eigenvalue weighted by Gasteiger charge is 2.23. The average molecular weight is 407 g/mol. The zero-order chi connectivity index (χ0) is 18.8. The first-order valence-electron chi connectivity index (χ1n) is 8.13. The van der Waals surface area contributed by atoms with Crippen molar-refractivity contribution in [2.45, 2.75) is 29.6 Å². The molecule has 4 rings (SSSR count). The van der Waals surface area contributed by atoms with Gasteiger partial charge in [0.2, 0.25) is 5.13 Å². The minimum Gasteiger partial charge on any atom is -0.467 e. The van der Waals surface area contributed by atoms with Crippen molar-refractivity contribution < 1.29 is 13.2 Å². The SMILES string of the molecule is CC(Sc1nnc(NCc2ccco2)s1)c1nc2ccccc2n1C(F)F. The van der Waals surface area contributed by atoms with Gasteiger partial charge in [-0.2, -0.15) is 8.78 Å². The molecular formula is C17H15F2N5OS2. The molecule has 1 unspecified atom stereocenters. The minimum atomic E-state index is -2.66. The van der Waals surface area contributed by atoms with E-state index in [1.807, 2.05) is 19.1 Å². The molecule has 1 aromatic carbocycles. The van der Waals surface area contributed by atoms with Gasteiger partial charge >= 0.3 is 6.55 Å². The normalized spacial score (nSPS) is 12.7. The predicted octanol–water partition coefficient (Wildman–Crippen LogP) is 5.34. The van der Waals surface area contributed by atoms with E-state index >= 15 is 0 Å². The molecule has 3 aromatic heterocycles. The fourth-order valence-electron chi connectivity index (χ4n) is 2.66. The second kappa shape index (κ2) is 7.65. The zero-order valence-corrected chi connectivity index (χ0v) is 15.8. The van der Waals surface area contributed by atoms with Crippen molar-refractivity contribution >= 4 is 39.3 Å². The van der Waals surface area contributed by atoms with Gasteiger partial charge in [0, 0.05) is 0 Å². The number of anilines is 1. The Morgan fingerprint density at radius 3 is 2.85 bits per heavy atom. The lowest BCUT2D eigenvalue weighted by Gasteiger charge is -2.12. The lowest BCUT2D eigenvalue weighted by molar-refractivity contribution is 0.0715. The number of hydrogen-bond donors (Lipinski definition) is 1. The molecule has 0 bridgehead atoms. The number of rotatable bonds is 7. The number of thioether (sulfide) groups is 1. The molecule has 0 saturated carbocycles. The Bertz CT molecular complexity index is 1030. The number of fused-ring (bicyclic) bond motifs is 1. The van der Waals surface area contributed by atoms with E-state index in [0.29, 0.717) is 32.9 Å². The van der Waals surface area contributed by atoms with E-state index in [9.17, 15) is 8.78 Å². The number of benzene rings is 1. The Morgan fingerprint density at radius 1 is 1.22 bits per heavy atom. The van der Waals surface area contributed by atoms with Gasteiger partial charge in [-0.15, -0.1) is 10.2 Å². The highest BCUT2D eigenvalue weighted by molar-refractivity contribution is 8.01. The van der Waals surface area contributed by atoms with Crippen LogP contribution >= 0.6 is 23.1 Å². The summed E-state index contributed by atoms with van der Waals surface area (Å²) in [6.45, 7) is -0.319. The first-order chi connectivity index (χ1) is 13.1. The van der Waals surface area contributed by atoms with Gasteiger partial charge in [-0.05, 0) is 31.2 Å². The molecule has 3 heterocycles. The maximum absolute atomic E-state index is 13.6. The molecule has 4 aromatic rings. The third-order valence-electron chi connectivity index (χ3n) is 3.86. The molecule has 0 amide bonds. The molecular weight excluding hydrogens is 392 g/mol. The van der Waals surface area contributed by atoms with Crippen LogP contribution in [0, 0.1) is 0 Å². The molecule has 0 aliphatic heterocycles. The van der Waals surface area contributed by atoms with E-state index in [2.05, 4.69) is 20.5 Å². The Morgan fingerprint density at radius 2 is 2.07 bits per heavy atom. The number of imidazole rings is 1. The average Bonchev–Trinajstić information content (AvgIpc) is 3.39. The Hall–Kier alpha value is -2.46. The first-order valence-corrected chi connectivity index (χ1v) is 9.83. The van der Waals surface area contributed by atoms with Gasteiger partial charge in [-0.3, -0.25) is 4.57 Å². The summed E-state index contributed by atoms with van der Waals surface area (Å²) in [4.78, 5) is 4.40. The van der Waals surface area contributed by atoms with Gasteiger partial charge in [0.25, 0.3) is 0 Å². The minimum absolute atomic E-state index is 0.308. The van der Waals surface area contributed by atoms with Crippen molar-refractivity contribution in [3.05, 3.63) is 54.2 Å². The summed E-state index contributed by atoms with van der Waals surface area (Å²) >= 11 is 2.71. The molecule has 0 aliphatic carbocycles. The summed E-state index contributed by atoms with van der Waals surface area (Å²) in [7, 11) is 0. The molecule has 1 N–H and O–H groups in total. The van der Waals surface area contributed by atoms with Gasteiger partial charge < -0.3 is 9.73 Å². The van der Waals surface area contributed by atoms with Crippen molar-refractivity contribution in [2.75, 3.05) is 5.32 Å². The van der Waals surface area contributed by atoms with E-state index in [-0.39, 0.29) is 5.25 Å². The van der Waals surface area contributed by atoms with E-state index in [1.165, 1.54) is 23.1 Å². The van der Waals surface area contributed by atoms with Gasteiger partial charge in [-0.1, -0.05) is 35.2 Å². The van der Waals surface area contributed by atoms with Crippen LogP contribution in [-0.4, -0.2) is 19.7 Å². The van der Waals surface area contributed by atoms with Crippen LogP contribution < -0.4 is 5.32 Å². The lowest BCUT2D eigenvalue weighted by Crippen LogP contribution is -2.06. The van der Waals surface area contributed by atoms with E-state index < -0.39 is 6.55 Å². The molecule has 27 heavy (non-hydrogen) atoms. The summed E-state index contributed by atoms with van der Waals surface area (Å²) in [5.74, 6) is 1.11. The van der Waals surface area contributed by atoms with Crippen LogP contribution in [0.4, 0.5) is 13.9 Å². The van der Waals surface area contributed by atoms with Crippen LogP contribution in [-0.2, 0) is 6.54 Å². The number of hydrogen-bond acceptors (Lipinski definition) is 7. The van der Waals surface area contributed by atoms with Crippen LogP contribution in [0.15, 0.2) is 51.4 Å². The van der Waals surface area contributed by atoms with Crippen molar-refractivity contribution in [1.82, 2.24) is 19.7 Å². The Labute approximate surface area is 161 Å². The molecule has 0 radical (unpaired) electrons. The fraction of sp³-hybridized carbons (Fsp3) is 0.235. The Balaban J connectivity index is 1.50.